The molecule has 3 rings (SSSR count). The van der Waals surface area contributed by atoms with E-state index in [1.54, 1.807) is 0 Å². The van der Waals surface area contributed by atoms with Crippen LogP contribution in [0.1, 0.15) is 31.3 Å². The van der Waals surface area contributed by atoms with Gasteiger partial charge in [-0.2, -0.15) is 0 Å². The molecule has 2 N–H and O–H groups in total. The molecule has 3 nitrogen and oxygen atoms in total. The largest absolute Gasteiger partial charge is 0.330 e. The molecule has 3 unspecified atom stereocenters. The van der Waals surface area contributed by atoms with Crippen molar-refractivity contribution in [3.8, 4) is 0 Å². The van der Waals surface area contributed by atoms with Gasteiger partial charge in [-0.15, -0.1) is 11.3 Å². The Bertz CT molecular complexity index is 547. The quantitative estimate of drug-likeness (QED) is 0.943. The summed E-state index contributed by atoms with van der Waals surface area (Å²) in [6.07, 6.45) is 1.25. The zero-order valence-electron chi connectivity index (χ0n) is 12.2. The Labute approximate surface area is 124 Å². The average molecular weight is 289 g/mol. The third kappa shape index (κ3) is 2.60. The molecule has 1 saturated heterocycles. The molecule has 108 valence electrons. The Kier molecular flexibility index (Phi) is 4.06. The molecule has 1 aliphatic rings. The van der Waals surface area contributed by atoms with Gasteiger partial charge >= 0.3 is 0 Å². The van der Waals surface area contributed by atoms with Gasteiger partial charge in [0.2, 0.25) is 0 Å². The molecule has 20 heavy (non-hydrogen) atoms. The molecule has 1 fully saturated rings. The van der Waals surface area contributed by atoms with Gasteiger partial charge in [-0.1, -0.05) is 19.1 Å². The van der Waals surface area contributed by atoms with E-state index in [2.05, 4.69) is 43.0 Å². The van der Waals surface area contributed by atoms with E-state index in [1.807, 2.05) is 11.3 Å². The maximum atomic E-state index is 5.92. The van der Waals surface area contributed by atoms with Gasteiger partial charge in [0.15, 0.2) is 0 Å². The standard InChI is InChI=1S/C16H23N3S/c1-11-7-8-19(10-13(11)9-17)12(2)16-18-14-5-3-4-6-15(14)20-16/h3-6,11-13H,7-10,17H2,1-2H3. The van der Waals surface area contributed by atoms with Crippen molar-refractivity contribution < 1.29 is 0 Å². The summed E-state index contributed by atoms with van der Waals surface area (Å²) in [5, 5.41) is 1.23. The Hall–Kier alpha value is -0.970. The third-order valence-corrected chi connectivity index (χ3v) is 5.87. The third-order valence-electron chi connectivity index (χ3n) is 4.66. The Balaban J connectivity index is 1.79. The molecule has 3 atom stereocenters. The second-order valence-electron chi connectivity index (χ2n) is 5.95. The van der Waals surface area contributed by atoms with Crippen molar-refractivity contribution >= 4 is 21.6 Å². The first kappa shape index (κ1) is 14.0. The highest BCUT2D eigenvalue weighted by Crippen LogP contribution is 2.33. The van der Waals surface area contributed by atoms with Gasteiger partial charge in [-0.05, 0) is 50.4 Å². The van der Waals surface area contributed by atoms with Crippen molar-refractivity contribution in [3.05, 3.63) is 29.3 Å². The number of benzene rings is 1. The van der Waals surface area contributed by atoms with Crippen molar-refractivity contribution in [1.82, 2.24) is 9.88 Å². The minimum Gasteiger partial charge on any atom is -0.330 e. The SMILES string of the molecule is CC1CCN(C(C)c2nc3ccccc3s2)CC1CN. The van der Waals surface area contributed by atoms with Crippen molar-refractivity contribution in [1.29, 1.82) is 0 Å². The number of para-hydroxylation sites is 1. The average Bonchev–Trinajstić information content (AvgIpc) is 2.91. The fraction of sp³-hybridized carbons (Fsp3) is 0.562. The van der Waals surface area contributed by atoms with Crippen molar-refractivity contribution in [2.24, 2.45) is 17.6 Å². The molecule has 1 aromatic carbocycles. The summed E-state index contributed by atoms with van der Waals surface area (Å²) >= 11 is 1.82. The van der Waals surface area contributed by atoms with E-state index in [0.717, 1.165) is 31.1 Å². The number of likely N-dealkylation sites (tertiary alicyclic amines) is 1. The molecule has 2 aromatic rings. The van der Waals surface area contributed by atoms with Crippen LogP contribution < -0.4 is 5.73 Å². The van der Waals surface area contributed by atoms with Crippen molar-refractivity contribution in [3.63, 3.8) is 0 Å². The molecule has 0 bridgehead atoms. The first-order valence-corrected chi connectivity index (χ1v) is 8.30. The fourth-order valence-corrected chi connectivity index (χ4v) is 4.11. The summed E-state index contributed by atoms with van der Waals surface area (Å²) in [5.41, 5.74) is 7.04. The van der Waals surface area contributed by atoms with Gasteiger partial charge in [0.05, 0.1) is 16.3 Å². The fourth-order valence-electron chi connectivity index (χ4n) is 3.06. The van der Waals surface area contributed by atoms with Crippen LogP contribution >= 0.6 is 11.3 Å². The van der Waals surface area contributed by atoms with Gasteiger partial charge in [-0.25, -0.2) is 4.98 Å². The predicted octanol–water partition coefficient (Wildman–Crippen LogP) is 3.27. The molecule has 2 heterocycles. The van der Waals surface area contributed by atoms with Gasteiger partial charge in [0.25, 0.3) is 0 Å². The maximum Gasteiger partial charge on any atom is 0.111 e. The van der Waals surface area contributed by atoms with Crippen LogP contribution in [0, 0.1) is 11.8 Å². The van der Waals surface area contributed by atoms with Crippen LogP contribution in [0.15, 0.2) is 24.3 Å². The summed E-state index contributed by atoms with van der Waals surface area (Å²) < 4.78 is 1.29. The van der Waals surface area contributed by atoms with Crippen LogP contribution in [0.4, 0.5) is 0 Å². The Morgan fingerprint density at radius 2 is 2.25 bits per heavy atom. The van der Waals surface area contributed by atoms with Crippen LogP contribution in [-0.4, -0.2) is 29.5 Å². The zero-order valence-corrected chi connectivity index (χ0v) is 13.1. The number of thiazole rings is 1. The second-order valence-corrected chi connectivity index (χ2v) is 7.01. The number of hydrogen-bond acceptors (Lipinski definition) is 4. The molecule has 1 aromatic heterocycles. The number of nitrogens with zero attached hydrogens (tertiary/aromatic N) is 2. The Morgan fingerprint density at radius 3 is 3.00 bits per heavy atom. The topological polar surface area (TPSA) is 42.2 Å². The highest BCUT2D eigenvalue weighted by atomic mass is 32.1. The summed E-state index contributed by atoms with van der Waals surface area (Å²) in [6, 6.07) is 8.80. The number of nitrogens with two attached hydrogens (primary N) is 1. The lowest BCUT2D eigenvalue weighted by atomic mass is 9.86. The van der Waals surface area contributed by atoms with E-state index < -0.39 is 0 Å². The molecule has 0 aliphatic carbocycles. The van der Waals surface area contributed by atoms with Gasteiger partial charge in [0, 0.05) is 6.54 Å². The van der Waals surface area contributed by atoms with E-state index in [9.17, 15) is 0 Å². The number of piperidine rings is 1. The van der Waals surface area contributed by atoms with E-state index in [0.29, 0.717) is 12.0 Å². The number of rotatable bonds is 3. The van der Waals surface area contributed by atoms with E-state index in [1.165, 1.54) is 16.1 Å². The monoisotopic (exact) mass is 289 g/mol. The minimum atomic E-state index is 0.397. The molecule has 0 saturated carbocycles. The van der Waals surface area contributed by atoms with Crippen LogP contribution in [0.25, 0.3) is 10.2 Å². The summed E-state index contributed by atoms with van der Waals surface area (Å²) in [6.45, 7) is 7.67. The Morgan fingerprint density at radius 1 is 1.45 bits per heavy atom. The second kappa shape index (κ2) is 5.80. The van der Waals surface area contributed by atoms with Gasteiger partial charge in [0.1, 0.15) is 5.01 Å². The highest BCUT2D eigenvalue weighted by molar-refractivity contribution is 7.18. The first-order valence-electron chi connectivity index (χ1n) is 7.48. The van der Waals surface area contributed by atoms with Crippen LogP contribution in [0.3, 0.4) is 0 Å². The highest BCUT2D eigenvalue weighted by Gasteiger charge is 2.29. The minimum absolute atomic E-state index is 0.397. The van der Waals surface area contributed by atoms with Crippen molar-refractivity contribution in [2.75, 3.05) is 19.6 Å². The summed E-state index contributed by atoms with van der Waals surface area (Å²) in [7, 11) is 0. The number of hydrogen-bond donors (Lipinski definition) is 1. The molecule has 1 aliphatic heterocycles. The molecular formula is C16H23N3S. The van der Waals surface area contributed by atoms with Crippen molar-refractivity contribution in [2.45, 2.75) is 26.3 Å². The molecule has 0 radical (unpaired) electrons. The predicted molar refractivity (Wildman–Crippen MR) is 85.9 cm³/mol. The van der Waals surface area contributed by atoms with Crippen LogP contribution in [-0.2, 0) is 0 Å². The van der Waals surface area contributed by atoms with Gasteiger partial charge in [-0.3, -0.25) is 4.90 Å². The smallest absolute Gasteiger partial charge is 0.111 e. The lowest BCUT2D eigenvalue weighted by molar-refractivity contribution is 0.0978. The van der Waals surface area contributed by atoms with E-state index in [4.69, 9.17) is 10.7 Å². The molecule has 4 heteroatoms. The molecule has 0 spiro atoms. The first-order chi connectivity index (χ1) is 9.69. The number of aromatic nitrogens is 1. The van der Waals surface area contributed by atoms with Crippen LogP contribution in [0.5, 0.6) is 0 Å². The van der Waals surface area contributed by atoms with E-state index in [-0.39, 0.29) is 0 Å². The van der Waals surface area contributed by atoms with Gasteiger partial charge < -0.3 is 5.73 Å². The van der Waals surface area contributed by atoms with Crippen LogP contribution in [0.2, 0.25) is 0 Å². The molecule has 0 amide bonds. The maximum absolute atomic E-state index is 5.92. The summed E-state index contributed by atoms with van der Waals surface area (Å²) in [4.78, 5) is 7.35. The lowest BCUT2D eigenvalue weighted by Crippen LogP contribution is -2.43. The number of fused-ring (bicyclic) bond motifs is 1. The lowest BCUT2D eigenvalue weighted by Gasteiger charge is -2.39. The molecular weight excluding hydrogens is 266 g/mol. The van der Waals surface area contributed by atoms with E-state index >= 15 is 0 Å². The normalized spacial score (nSPS) is 25.9. The summed E-state index contributed by atoms with van der Waals surface area (Å²) in [5.74, 6) is 1.37. The zero-order chi connectivity index (χ0) is 14.1.